The first-order valence-electron chi connectivity index (χ1n) is 14.9. The fourth-order valence-electron chi connectivity index (χ4n) is 5.48. The highest BCUT2D eigenvalue weighted by molar-refractivity contribution is 7.90. The van der Waals surface area contributed by atoms with Crippen LogP contribution in [0.1, 0.15) is 75.5 Å². The van der Waals surface area contributed by atoms with E-state index in [1.54, 1.807) is 43.6 Å². The van der Waals surface area contributed by atoms with Gasteiger partial charge in [0.25, 0.3) is 5.91 Å². The van der Waals surface area contributed by atoms with Crippen molar-refractivity contribution in [3.05, 3.63) is 113 Å². The standard InChI is InChI=1S/C34H35N3O7S/c1-2-43-33(39)17-18-37-34(40)26-11-6-7-14-31(26)45(41,42)22-27-24-12-8-13-28(38)25(24)15-16-29(27)44-30(21-32-35-19-20-36-32)23-9-4-3-5-10-23/h3-7,9-11,14-16,19-20,30H,2,8,12-13,17-18,21-22H2,1H3,(H,35,36)(H,37,40)/t30-/m0/s1. The Morgan fingerprint density at radius 2 is 1.80 bits per heavy atom. The van der Waals surface area contributed by atoms with E-state index < -0.39 is 33.6 Å². The number of nitrogens with one attached hydrogen (secondary N) is 2. The number of Topliss-reactive ketones (excluding diaryl/α,β-unsaturated/α-hetero) is 1. The lowest BCUT2D eigenvalue weighted by Gasteiger charge is -2.25. The van der Waals surface area contributed by atoms with Gasteiger partial charge in [-0.15, -0.1) is 0 Å². The van der Waals surface area contributed by atoms with Crippen molar-refractivity contribution in [2.75, 3.05) is 13.2 Å². The summed E-state index contributed by atoms with van der Waals surface area (Å²) in [5, 5.41) is 2.61. The van der Waals surface area contributed by atoms with E-state index in [1.807, 2.05) is 30.3 Å². The summed E-state index contributed by atoms with van der Waals surface area (Å²) in [7, 11) is -4.13. The third-order valence-electron chi connectivity index (χ3n) is 7.61. The molecule has 5 rings (SSSR count). The highest BCUT2D eigenvalue weighted by Crippen LogP contribution is 2.37. The average molecular weight is 630 g/mol. The number of ether oxygens (including phenoxy) is 2. The van der Waals surface area contributed by atoms with Gasteiger partial charge in [-0.2, -0.15) is 0 Å². The van der Waals surface area contributed by atoms with Crippen molar-refractivity contribution >= 4 is 27.5 Å². The minimum atomic E-state index is -4.13. The molecule has 1 aromatic heterocycles. The fourth-order valence-corrected chi connectivity index (χ4v) is 7.11. The summed E-state index contributed by atoms with van der Waals surface area (Å²) in [5.74, 6) is -0.553. The third-order valence-corrected chi connectivity index (χ3v) is 9.31. The first-order valence-corrected chi connectivity index (χ1v) is 16.6. The number of hydrogen-bond acceptors (Lipinski definition) is 8. The molecule has 1 amide bonds. The van der Waals surface area contributed by atoms with Gasteiger partial charge in [0.15, 0.2) is 15.6 Å². The van der Waals surface area contributed by atoms with Crippen LogP contribution in [-0.4, -0.2) is 49.2 Å². The zero-order valence-corrected chi connectivity index (χ0v) is 25.8. The molecule has 234 valence electrons. The van der Waals surface area contributed by atoms with Crippen molar-refractivity contribution < 1.29 is 32.3 Å². The van der Waals surface area contributed by atoms with Crippen LogP contribution in [0.25, 0.3) is 0 Å². The van der Waals surface area contributed by atoms with Crippen molar-refractivity contribution in [1.29, 1.82) is 0 Å². The molecule has 4 aromatic rings. The van der Waals surface area contributed by atoms with E-state index in [9.17, 15) is 22.8 Å². The number of benzene rings is 3. The first-order chi connectivity index (χ1) is 21.8. The van der Waals surface area contributed by atoms with Crippen molar-refractivity contribution in [3.8, 4) is 5.75 Å². The van der Waals surface area contributed by atoms with E-state index in [-0.39, 0.29) is 35.8 Å². The molecule has 1 aliphatic rings. The summed E-state index contributed by atoms with van der Waals surface area (Å²) in [4.78, 5) is 45.0. The van der Waals surface area contributed by atoms with E-state index >= 15 is 0 Å². The largest absolute Gasteiger partial charge is 0.485 e. The Balaban J connectivity index is 1.49. The normalized spacial score (nSPS) is 13.5. The minimum Gasteiger partial charge on any atom is -0.485 e. The topological polar surface area (TPSA) is 145 Å². The highest BCUT2D eigenvalue weighted by Gasteiger charge is 2.30. The number of fused-ring (bicyclic) bond motifs is 1. The molecule has 0 fully saturated rings. The molecular formula is C34H35N3O7S. The van der Waals surface area contributed by atoms with E-state index in [0.717, 1.165) is 5.56 Å². The number of hydrogen-bond donors (Lipinski definition) is 2. The zero-order chi connectivity index (χ0) is 31.8. The number of sulfone groups is 1. The molecule has 1 aliphatic carbocycles. The van der Waals surface area contributed by atoms with Crippen LogP contribution in [0, 0.1) is 0 Å². The van der Waals surface area contributed by atoms with Gasteiger partial charge in [-0.25, -0.2) is 13.4 Å². The second kappa shape index (κ2) is 14.3. The maximum atomic E-state index is 14.1. The molecule has 0 bridgehead atoms. The smallest absolute Gasteiger partial charge is 0.307 e. The summed E-state index contributed by atoms with van der Waals surface area (Å²) < 4.78 is 39.7. The number of amides is 1. The molecule has 0 radical (unpaired) electrons. The van der Waals surface area contributed by atoms with E-state index in [0.29, 0.717) is 53.9 Å². The Morgan fingerprint density at radius 3 is 2.56 bits per heavy atom. The SMILES string of the molecule is CCOC(=O)CCNC(=O)c1ccccc1S(=O)(=O)Cc1c(O[C@@H](Cc2ncc[nH]2)c2ccccc2)ccc2c1CCCC2=O. The Labute approximate surface area is 262 Å². The van der Waals surface area contributed by atoms with Gasteiger partial charge in [-0.3, -0.25) is 14.4 Å². The fraction of sp³-hybridized carbons (Fsp3) is 0.294. The molecule has 11 heteroatoms. The van der Waals surface area contributed by atoms with Crippen molar-refractivity contribution in [1.82, 2.24) is 15.3 Å². The van der Waals surface area contributed by atoms with Gasteiger partial charge < -0.3 is 19.8 Å². The van der Waals surface area contributed by atoms with Gasteiger partial charge in [0.05, 0.1) is 29.2 Å². The maximum absolute atomic E-state index is 14.1. The molecule has 0 aliphatic heterocycles. The van der Waals surface area contributed by atoms with Crippen LogP contribution in [0.4, 0.5) is 0 Å². The molecule has 1 atom stereocenters. The second-order valence-electron chi connectivity index (χ2n) is 10.7. The maximum Gasteiger partial charge on any atom is 0.307 e. The van der Waals surface area contributed by atoms with Crippen LogP contribution >= 0.6 is 0 Å². The van der Waals surface area contributed by atoms with Gasteiger partial charge >= 0.3 is 5.97 Å². The third kappa shape index (κ3) is 7.66. The van der Waals surface area contributed by atoms with Gasteiger partial charge in [0.2, 0.25) is 0 Å². The number of carbonyl (C=O) groups is 3. The zero-order valence-electron chi connectivity index (χ0n) is 25.0. The van der Waals surface area contributed by atoms with Crippen molar-refractivity contribution in [2.45, 2.75) is 55.8 Å². The van der Waals surface area contributed by atoms with Crippen LogP contribution in [-0.2, 0) is 38.0 Å². The summed E-state index contributed by atoms with van der Waals surface area (Å²) in [5.41, 5.74) is 2.38. The van der Waals surface area contributed by atoms with Crippen molar-refractivity contribution in [2.24, 2.45) is 0 Å². The lowest BCUT2D eigenvalue weighted by Crippen LogP contribution is -2.28. The molecule has 3 aromatic carbocycles. The predicted octanol–water partition coefficient (Wildman–Crippen LogP) is 4.95. The molecule has 0 saturated carbocycles. The van der Waals surface area contributed by atoms with Gasteiger partial charge in [0.1, 0.15) is 17.7 Å². The minimum absolute atomic E-state index is 0.00507. The van der Waals surface area contributed by atoms with Crippen molar-refractivity contribution in [3.63, 3.8) is 0 Å². The first kappa shape index (κ1) is 31.6. The van der Waals surface area contributed by atoms with Crippen LogP contribution in [0.15, 0.2) is 84.0 Å². The van der Waals surface area contributed by atoms with E-state index in [2.05, 4.69) is 15.3 Å². The Kier molecular flexibility index (Phi) is 10.1. The summed E-state index contributed by atoms with van der Waals surface area (Å²) in [6.45, 7) is 1.91. The molecule has 1 heterocycles. The molecule has 0 saturated heterocycles. The number of carbonyl (C=O) groups excluding carboxylic acids is 3. The van der Waals surface area contributed by atoms with E-state index in [1.165, 1.54) is 12.1 Å². The lowest BCUT2D eigenvalue weighted by molar-refractivity contribution is -0.142. The number of ketones is 1. The number of rotatable bonds is 13. The number of imidazole rings is 1. The number of aromatic nitrogens is 2. The highest BCUT2D eigenvalue weighted by atomic mass is 32.2. The van der Waals surface area contributed by atoms with Gasteiger partial charge in [-0.05, 0) is 55.2 Å². The quantitative estimate of drug-likeness (QED) is 0.198. The molecular weight excluding hydrogens is 594 g/mol. The monoisotopic (exact) mass is 629 g/mol. The number of H-pyrrole nitrogens is 1. The molecule has 10 nitrogen and oxygen atoms in total. The molecule has 45 heavy (non-hydrogen) atoms. The summed E-state index contributed by atoms with van der Waals surface area (Å²) in [6.07, 6.45) is 4.74. The number of nitrogens with zero attached hydrogens (tertiary/aromatic N) is 1. The summed E-state index contributed by atoms with van der Waals surface area (Å²) >= 11 is 0. The van der Waals surface area contributed by atoms with Crippen LogP contribution in [0.2, 0.25) is 0 Å². The predicted molar refractivity (Wildman–Crippen MR) is 167 cm³/mol. The lowest BCUT2D eigenvalue weighted by atomic mass is 9.87. The molecule has 0 spiro atoms. The van der Waals surface area contributed by atoms with Crippen LogP contribution in [0.3, 0.4) is 0 Å². The van der Waals surface area contributed by atoms with Gasteiger partial charge in [-0.1, -0.05) is 42.5 Å². The Hall–Kier alpha value is -4.77. The summed E-state index contributed by atoms with van der Waals surface area (Å²) in [6, 6.07) is 18.9. The molecule has 2 N–H and O–H groups in total. The number of aromatic amines is 1. The Morgan fingerprint density at radius 1 is 1.02 bits per heavy atom. The van der Waals surface area contributed by atoms with Gasteiger partial charge in [0, 0.05) is 42.9 Å². The second-order valence-corrected chi connectivity index (χ2v) is 12.6. The average Bonchev–Trinajstić information content (AvgIpc) is 3.56. The Bertz CT molecular complexity index is 1770. The molecule has 0 unspecified atom stereocenters. The number of esters is 1. The van der Waals surface area contributed by atoms with E-state index in [4.69, 9.17) is 9.47 Å². The van der Waals surface area contributed by atoms with Crippen LogP contribution in [0.5, 0.6) is 5.75 Å². The van der Waals surface area contributed by atoms with Crippen LogP contribution < -0.4 is 10.1 Å².